The number of methoxy groups -OCH3 is 1. The van der Waals surface area contributed by atoms with E-state index in [1.54, 1.807) is 19.2 Å². The average Bonchev–Trinajstić information content (AvgIpc) is 2.76. The molecule has 31 heavy (non-hydrogen) atoms. The van der Waals surface area contributed by atoms with Crippen LogP contribution in [0.5, 0.6) is 0 Å². The van der Waals surface area contributed by atoms with Gasteiger partial charge in [-0.25, -0.2) is 8.42 Å². The lowest BCUT2D eigenvalue weighted by atomic mass is 9.97. The van der Waals surface area contributed by atoms with E-state index >= 15 is 0 Å². The maximum Gasteiger partial charge on any atom is 0.253 e. The number of benzene rings is 1. The number of hydrogen-bond donors (Lipinski definition) is 0. The smallest absolute Gasteiger partial charge is 0.253 e. The number of likely N-dealkylation sites (tertiary alicyclic amines) is 1. The summed E-state index contributed by atoms with van der Waals surface area (Å²) in [6.45, 7) is 7.64. The van der Waals surface area contributed by atoms with E-state index in [2.05, 4.69) is 0 Å². The van der Waals surface area contributed by atoms with Crippen molar-refractivity contribution in [3.05, 3.63) is 29.8 Å². The topological polar surface area (TPSA) is 85.4 Å². The Morgan fingerprint density at radius 1 is 1.06 bits per heavy atom. The molecule has 0 N–H and O–H groups in total. The van der Waals surface area contributed by atoms with Crippen LogP contribution in [0.4, 0.5) is 0 Å². The molecule has 174 valence electrons. The molecule has 0 radical (unpaired) electrons. The van der Waals surface area contributed by atoms with Gasteiger partial charge in [0.2, 0.25) is 10.0 Å². The molecule has 9 heteroatoms. The molecule has 2 saturated heterocycles. The van der Waals surface area contributed by atoms with E-state index in [1.165, 1.54) is 16.4 Å². The third-order valence-corrected chi connectivity index (χ3v) is 7.66. The van der Waals surface area contributed by atoms with Crippen LogP contribution in [0.3, 0.4) is 0 Å². The van der Waals surface area contributed by atoms with Gasteiger partial charge in [0.1, 0.15) is 0 Å². The first kappa shape index (κ1) is 24.1. The van der Waals surface area contributed by atoms with Crippen molar-refractivity contribution in [3.8, 4) is 0 Å². The Labute approximate surface area is 185 Å². The highest BCUT2D eigenvalue weighted by Crippen LogP contribution is 2.23. The third kappa shape index (κ3) is 6.26. The van der Waals surface area contributed by atoms with E-state index < -0.39 is 10.0 Å². The lowest BCUT2D eigenvalue weighted by molar-refractivity contribution is -0.0440. The second-order valence-electron chi connectivity index (χ2n) is 8.41. The minimum Gasteiger partial charge on any atom is -0.382 e. The molecule has 3 rings (SSSR count). The molecule has 2 fully saturated rings. The summed E-state index contributed by atoms with van der Waals surface area (Å²) in [6.07, 6.45) is 1.51. The molecular formula is C22H34N2O6S. The molecule has 0 saturated carbocycles. The van der Waals surface area contributed by atoms with Gasteiger partial charge >= 0.3 is 0 Å². The summed E-state index contributed by atoms with van der Waals surface area (Å²) in [6, 6.07) is 6.29. The van der Waals surface area contributed by atoms with E-state index in [-0.39, 0.29) is 23.0 Å². The average molecular weight is 455 g/mol. The van der Waals surface area contributed by atoms with Gasteiger partial charge < -0.3 is 19.1 Å². The molecule has 0 bridgehead atoms. The van der Waals surface area contributed by atoms with Gasteiger partial charge in [0.05, 0.1) is 30.3 Å². The van der Waals surface area contributed by atoms with Gasteiger partial charge in [0.15, 0.2) is 0 Å². The zero-order valence-corrected chi connectivity index (χ0v) is 19.5. The highest BCUT2D eigenvalue weighted by molar-refractivity contribution is 7.89. The number of nitrogens with zero attached hydrogens (tertiary/aromatic N) is 2. The summed E-state index contributed by atoms with van der Waals surface area (Å²) in [7, 11) is -1.96. The molecule has 2 heterocycles. The quantitative estimate of drug-likeness (QED) is 0.559. The standard InChI is InChI=1S/C22H34N2O6S/c1-17-14-24(15-18(2)30-17)31(26,27)21-6-4-20(5-7-21)22(25)23-10-8-19(9-11-23)16-29-13-12-28-3/h4-7,17-19H,8-16H2,1-3H3. The first-order chi connectivity index (χ1) is 14.8. The van der Waals surface area contributed by atoms with Gasteiger partial charge in [0.25, 0.3) is 5.91 Å². The number of amides is 1. The molecule has 2 aliphatic heterocycles. The largest absolute Gasteiger partial charge is 0.382 e. The Morgan fingerprint density at radius 3 is 2.26 bits per heavy atom. The Hall–Kier alpha value is -1.52. The number of carbonyl (C=O) groups excluding carboxylic acids is 1. The molecule has 2 unspecified atom stereocenters. The second-order valence-corrected chi connectivity index (χ2v) is 10.3. The zero-order valence-electron chi connectivity index (χ0n) is 18.7. The van der Waals surface area contributed by atoms with Crippen molar-refractivity contribution in [1.29, 1.82) is 0 Å². The minimum absolute atomic E-state index is 0.0590. The van der Waals surface area contributed by atoms with Crippen LogP contribution < -0.4 is 0 Å². The molecule has 8 nitrogen and oxygen atoms in total. The Morgan fingerprint density at radius 2 is 1.68 bits per heavy atom. The van der Waals surface area contributed by atoms with Crippen molar-refractivity contribution in [2.45, 2.75) is 43.8 Å². The summed E-state index contributed by atoms with van der Waals surface area (Å²) in [5.41, 5.74) is 0.512. The maximum absolute atomic E-state index is 13.0. The van der Waals surface area contributed by atoms with Crippen LogP contribution in [0.1, 0.15) is 37.0 Å². The van der Waals surface area contributed by atoms with Crippen LogP contribution in [0.25, 0.3) is 0 Å². The fourth-order valence-electron chi connectivity index (χ4n) is 4.12. The number of piperidine rings is 1. The summed E-state index contributed by atoms with van der Waals surface area (Å²) in [5, 5.41) is 0. The molecule has 1 aromatic carbocycles. The molecule has 2 atom stereocenters. The molecule has 1 amide bonds. The highest BCUT2D eigenvalue weighted by Gasteiger charge is 2.32. The van der Waals surface area contributed by atoms with Crippen molar-refractivity contribution >= 4 is 15.9 Å². The number of carbonyl (C=O) groups is 1. The van der Waals surface area contributed by atoms with Crippen LogP contribution in [-0.4, -0.2) is 88.8 Å². The van der Waals surface area contributed by atoms with Gasteiger partial charge in [-0.05, 0) is 56.9 Å². The Kier molecular flexibility index (Phi) is 8.46. The van der Waals surface area contributed by atoms with Crippen molar-refractivity contribution in [2.24, 2.45) is 5.92 Å². The van der Waals surface area contributed by atoms with Crippen LogP contribution in [0.2, 0.25) is 0 Å². The monoisotopic (exact) mass is 454 g/mol. The lowest BCUT2D eigenvalue weighted by Crippen LogP contribution is -2.48. The van der Waals surface area contributed by atoms with E-state index in [1.807, 2.05) is 18.7 Å². The normalized spacial score (nSPS) is 23.8. The van der Waals surface area contributed by atoms with Crippen LogP contribution in [0.15, 0.2) is 29.2 Å². The summed E-state index contributed by atoms with van der Waals surface area (Å²) in [4.78, 5) is 14.9. The molecule has 0 aromatic heterocycles. The third-order valence-electron chi connectivity index (χ3n) is 5.81. The van der Waals surface area contributed by atoms with Gasteiger partial charge in [-0.15, -0.1) is 0 Å². The molecule has 2 aliphatic rings. The number of ether oxygens (including phenoxy) is 3. The first-order valence-corrected chi connectivity index (χ1v) is 12.4. The van der Waals surface area contributed by atoms with E-state index in [4.69, 9.17) is 14.2 Å². The summed E-state index contributed by atoms with van der Waals surface area (Å²) < 4.78 is 43.6. The van der Waals surface area contributed by atoms with Crippen LogP contribution in [0, 0.1) is 5.92 Å². The van der Waals surface area contributed by atoms with Crippen molar-refractivity contribution < 1.29 is 27.4 Å². The predicted octanol–water partition coefficient (Wildman–Crippen LogP) is 2.00. The van der Waals surface area contributed by atoms with Crippen LogP contribution in [-0.2, 0) is 24.2 Å². The van der Waals surface area contributed by atoms with E-state index in [9.17, 15) is 13.2 Å². The fraction of sp³-hybridized carbons (Fsp3) is 0.682. The van der Waals surface area contributed by atoms with Gasteiger partial charge in [-0.2, -0.15) is 4.31 Å². The highest BCUT2D eigenvalue weighted by atomic mass is 32.2. The van der Waals surface area contributed by atoms with Crippen molar-refractivity contribution in [1.82, 2.24) is 9.21 Å². The molecular weight excluding hydrogens is 420 g/mol. The molecule has 0 aliphatic carbocycles. The molecule has 0 spiro atoms. The van der Waals surface area contributed by atoms with E-state index in [0.717, 1.165) is 12.8 Å². The second kappa shape index (κ2) is 10.9. The maximum atomic E-state index is 13.0. The zero-order chi connectivity index (χ0) is 22.4. The first-order valence-electron chi connectivity index (χ1n) is 10.9. The fourth-order valence-corrected chi connectivity index (χ4v) is 5.71. The van der Waals surface area contributed by atoms with Gasteiger partial charge in [0, 0.05) is 45.5 Å². The Balaban J connectivity index is 1.56. The van der Waals surface area contributed by atoms with Crippen LogP contribution >= 0.6 is 0 Å². The number of rotatable bonds is 8. The number of morpholine rings is 1. The van der Waals surface area contributed by atoms with Crippen molar-refractivity contribution in [3.63, 3.8) is 0 Å². The Bertz CT molecular complexity index is 811. The van der Waals surface area contributed by atoms with Gasteiger partial charge in [-0.3, -0.25) is 4.79 Å². The van der Waals surface area contributed by atoms with Crippen molar-refractivity contribution in [2.75, 3.05) is 53.1 Å². The summed E-state index contributed by atoms with van der Waals surface area (Å²) in [5.74, 6) is 0.392. The molecule has 1 aromatic rings. The van der Waals surface area contributed by atoms with Gasteiger partial charge in [-0.1, -0.05) is 0 Å². The van der Waals surface area contributed by atoms with E-state index in [0.29, 0.717) is 57.5 Å². The number of sulfonamides is 1. The predicted molar refractivity (Wildman–Crippen MR) is 117 cm³/mol. The summed E-state index contributed by atoms with van der Waals surface area (Å²) >= 11 is 0. The minimum atomic E-state index is -3.61. The lowest BCUT2D eigenvalue weighted by Gasteiger charge is -2.34. The number of hydrogen-bond acceptors (Lipinski definition) is 6. The SMILES string of the molecule is COCCOCC1CCN(C(=O)c2ccc(S(=O)(=O)N3CC(C)OC(C)C3)cc2)CC1.